The molecule has 2 N–H and O–H groups in total. The third-order valence-electron chi connectivity index (χ3n) is 2.90. The molecule has 0 aliphatic carbocycles. The lowest BCUT2D eigenvalue weighted by Gasteiger charge is -2.14. The maximum atomic E-state index is 10.7. The van der Waals surface area contributed by atoms with Gasteiger partial charge in [-0.25, -0.2) is 4.79 Å². The van der Waals surface area contributed by atoms with Crippen LogP contribution in [0, 0.1) is 0 Å². The van der Waals surface area contributed by atoms with Gasteiger partial charge in [-0.3, -0.25) is 4.68 Å². The zero-order valence-corrected chi connectivity index (χ0v) is 11.7. The molecule has 0 aliphatic rings. The number of nitrogens with zero attached hydrogens (tertiary/aromatic N) is 3. The lowest BCUT2D eigenvalue weighted by molar-refractivity contribution is 0.0690. The third-order valence-corrected chi connectivity index (χ3v) is 3.13. The highest BCUT2D eigenvalue weighted by Crippen LogP contribution is 2.16. The van der Waals surface area contributed by atoms with E-state index in [0.29, 0.717) is 18.1 Å². The number of carbonyl (C=O) groups is 1. The molecule has 1 atom stereocenters. The fraction of sp³-hybridized carbons (Fsp3) is 0.308. The van der Waals surface area contributed by atoms with Crippen LogP contribution >= 0.6 is 11.6 Å². The molecule has 0 unspecified atom stereocenters. The minimum atomic E-state index is -1.07. The molecule has 0 radical (unpaired) electrons. The van der Waals surface area contributed by atoms with Gasteiger partial charge in [0.2, 0.25) is 0 Å². The van der Waals surface area contributed by atoms with E-state index in [9.17, 15) is 4.79 Å². The van der Waals surface area contributed by atoms with Crippen LogP contribution in [0.5, 0.6) is 0 Å². The van der Waals surface area contributed by atoms with Crippen molar-refractivity contribution in [2.45, 2.75) is 19.5 Å². The molecule has 0 amide bonds. The Morgan fingerprint density at radius 2 is 2.35 bits per heavy atom. The molecule has 0 saturated heterocycles. The van der Waals surface area contributed by atoms with Crippen LogP contribution in [0.3, 0.4) is 0 Å². The highest BCUT2D eigenvalue weighted by Gasteiger charge is 2.08. The van der Waals surface area contributed by atoms with E-state index in [1.807, 2.05) is 31.2 Å². The Labute approximate surface area is 121 Å². The van der Waals surface area contributed by atoms with Crippen molar-refractivity contribution in [2.24, 2.45) is 0 Å². The molecule has 0 fully saturated rings. The molecule has 2 rings (SSSR count). The molecular formula is C13H15ClN4O2. The van der Waals surface area contributed by atoms with Gasteiger partial charge in [-0.2, -0.15) is 0 Å². The monoisotopic (exact) mass is 294 g/mol. The number of carboxylic acid groups (broad SMARTS) is 1. The third kappa shape index (κ3) is 3.79. The molecule has 0 aliphatic heterocycles. The smallest absolute Gasteiger partial charge is 0.358 e. The summed E-state index contributed by atoms with van der Waals surface area (Å²) in [5.41, 5.74) is 1.05. The van der Waals surface area contributed by atoms with Crippen molar-refractivity contribution < 1.29 is 9.90 Å². The number of carboxylic acids is 1. The number of nitrogens with one attached hydrogen (secondary N) is 1. The highest BCUT2D eigenvalue weighted by molar-refractivity contribution is 6.30. The molecule has 1 aromatic heterocycles. The Hall–Kier alpha value is -1.92. The summed E-state index contributed by atoms with van der Waals surface area (Å²) in [6.07, 6.45) is 1.41. The first kappa shape index (κ1) is 14.5. The first-order valence-electron chi connectivity index (χ1n) is 6.18. The van der Waals surface area contributed by atoms with E-state index >= 15 is 0 Å². The van der Waals surface area contributed by atoms with E-state index in [0.717, 1.165) is 5.56 Å². The van der Waals surface area contributed by atoms with Crippen LogP contribution in [-0.4, -0.2) is 32.6 Å². The van der Waals surface area contributed by atoms with E-state index in [2.05, 4.69) is 15.6 Å². The number of benzene rings is 1. The zero-order valence-electron chi connectivity index (χ0n) is 11.0. The van der Waals surface area contributed by atoms with Crippen LogP contribution < -0.4 is 5.32 Å². The average Bonchev–Trinajstić information content (AvgIpc) is 2.87. The number of hydrogen-bond acceptors (Lipinski definition) is 4. The molecular weight excluding hydrogens is 280 g/mol. The summed E-state index contributed by atoms with van der Waals surface area (Å²) in [6.45, 7) is 3.23. The van der Waals surface area contributed by atoms with Crippen LogP contribution in [0.25, 0.3) is 0 Å². The number of rotatable bonds is 6. The predicted octanol–water partition coefficient (Wildman–Crippen LogP) is 1.98. The van der Waals surface area contributed by atoms with E-state index in [-0.39, 0.29) is 11.7 Å². The summed E-state index contributed by atoms with van der Waals surface area (Å²) in [5.74, 6) is -1.07. The van der Waals surface area contributed by atoms with Crippen molar-refractivity contribution >= 4 is 17.6 Å². The van der Waals surface area contributed by atoms with Gasteiger partial charge in [0.05, 0.1) is 12.7 Å². The number of aromatic nitrogens is 3. The van der Waals surface area contributed by atoms with Gasteiger partial charge < -0.3 is 10.4 Å². The molecule has 0 bridgehead atoms. The predicted molar refractivity (Wildman–Crippen MR) is 74.9 cm³/mol. The summed E-state index contributed by atoms with van der Waals surface area (Å²) < 4.78 is 1.50. The number of hydrogen-bond donors (Lipinski definition) is 2. The Morgan fingerprint density at radius 1 is 1.55 bits per heavy atom. The van der Waals surface area contributed by atoms with Gasteiger partial charge in [0, 0.05) is 17.6 Å². The standard InChI is InChI=1S/C13H15ClN4O2/c1-9(10-3-2-4-11(14)7-10)15-5-6-18-8-12(13(19)20)16-17-18/h2-4,7-9,15H,5-6H2,1H3,(H,19,20)/t9-/m1/s1. The highest BCUT2D eigenvalue weighted by atomic mass is 35.5. The second-order valence-electron chi connectivity index (χ2n) is 4.40. The van der Waals surface area contributed by atoms with Gasteiger partial charge in [0.15, 0.2) is 5.69 Å². The average molecular weight is 295 g/mol. The van der Waals surface area contributed by atoms with Crippen molar-refractivity contribution in [3.8, 4) is 0 Å². The molecule has 106 valence electrons. The largest absolute Gasteiger partial charge is 0.476 e. The molecule has 0 saturated carbocycles. The number of halogens is 1. The fourth-order valence-electron chi connectivity index (χ4n) is 1.80. The number of aromatic carboxylic acids is 1. The van der Waals surface area contributed by atoms with Gasteiger partial charge >= 0.3 is 5.97 Å². The summed E-state index contributed by atoms with van der Waals surface area (Å²) in [6, 6.07) is 7.81. The Balaban J connectivity index is 1.84. The molecule has 6 nitrogen and oxygen atoms in total. The summed E-state index contributed by atoms with van der Waals surface area (Å²) in [7, 11) is 0. The normalized spacial score (nSPS) is 12.3. The van der Waals surface area contributed by atoms with Crippen LogP contribution in [0.2, 0.25) is 5.02 Å². The summed E-state index contributed by atoms with van der Waals surface area (Å²) >= 11 is 5.95. The van der Waals surface area contributed by atoms with Crippen molar-refractivity contribution in [1.82, 2.24) is 20.3 Å². The van der Waals surface area contributed by atoms with Gasteiger partial charge in [0.1, 0.15) is 0 Å². The van der Waals surface area contributed by atoms with Crippen LogP contribution in [0.1, 0.15) is 29.0 Å². The van der Waals surface area contributed by atoms with E-state index in [4.69, 9.17) is 16.7 Å². The lowest BCUT2D eigenvalue weighted by atomic mass is 10.1. The SMILES string of the molecule is C[C@@H](NCCn1cc(C(=O)O)nn1)c1cccc(Cl)c1. The maximum Gasteiger partial charge on any atom is 0.358 e. The second-order valence-corrected chi connectivity index (χ2v) is 4.84. The van der Waals surface area contributed by atoms with Gasteiger partial charge in [-0.15, -0.1) is 5.10 Å². The first-order valence-corrected chi connectivity index (χ1v) is 6.56. The molecule has 1 heterocycles. The van der Waals surface area contributed by atoms with Gasteiger partial charge in [-0.05, 0) is 24.6 Å². The molecule has 0 spiro atoms. The Bertz CT molecular complexity index is 600. The minimum Gasteiger partial charge on any atom is -0.476 e. The molecule has 7 heteroatoms. The van der Waals surface area contributed by atoms with Crippen LogP contribution in [-0.2, 0) is 6.54 Å². The van der Waals surface area contributed by atoms with E-state index < -0.39 is 5.97 Å². The summed E-state index contributed by atoms with van der Waals surface area (Å²) in [4.78, 5) is 10.7. The molecule has 2 aromatic rings. The van der Waals surface area contributed by atoms with Crippen molar-refractivity contribution in [1.29, 1.82) is 0 Å². The molecule has 20 heavy (non-hydrogen) atoms. The van der Waals surface area contributed by atoms with Gasteiger partial charge in [0.25, 0.3) is 0 Å². The quantitative estimate of drug-likeness (QED) is 0.851. The fourth-order valence-corrected chi connectivity index (χ4v) is 1.99. The zero-order chi connectivity index (χ0) is 14.5. The van der Waals surface area contributed by atoms with E-state index in [1.165, 1.54) is 10.9 Å². The van der Waals surface area contributed by atoms with Crippen molar-refractivity contribution in [3.05, 3.63) is 46.7 Å². The van der Waals surface area contributed by atoms with Crippen LogP contribution in [0.4, 0.5) is 0 Å². The maximum absolute atomic E-state index is 10.7. The minimum absolute atomic E-state index is 0.0483. The lowest BCUT2D eigenvalue weighted by Crippen LogP contribution is -2.23. The van der Waals surface area contributed by atoms with E-state index in [1.54, 1.807) is 0 Å². The Kier molecular flexibility index (Phi) is 4.70. The summed E-state index contributed by atoms with van der Waals surface area (Å²) in [5, 5.41) is 20.1. The topological polar surface area (TPSA) is 80.0 Å². The van der Waals surface area contributed by atoms with Crippen molar-refractivity contribution in [2.75, 3.05) is 6.54 Å². The molecule has 1 aromatic carbocycles. The van der Waals surface area contributed by atoms with Crippen LogP contribution in [0.15, 0.2) is 30.5 Å². The van der Waals surface area contributed by atoms with Gasteiger partial charge in [-0.1, -0.05) is 28.9 Å². The Morgan fingerprint density at radius 3 is 3.00 bits per heavy atom. The first-order chi connectivity index (χ1) is 9.56. The second kappa shape index (κ2) is 6.49. The van der Waals surface area contributed by atoms with Crippen molar-refractivity contribution in [3.63, 3.8) is 0 Å².